The monoisotopic (exact) mass is 430 g/mol. The number of ether oxygens (including phenoxy) is 1. The van der Waals surface area contributed by atoms with Gasteiger partial charge in [-0.15, -0.1) is 5.10 Å². The second-order valence-corrected chi connectivity index (χ2v) is 5.75. The number of carbonyl (C=O) groups excluding carboxylic acids is 1. The summed E-state index contributed by atoms with van der Waals surface area (Å²) in [6, 6.07) is -0.109. The van der Waals surface area contributed by atoms with Crippen molar-refractivity contribution in [3.05, 3.63) is 34.6 Å². The Labute approximate surface area is 159 Å². The van der Waals surface area contributed by atoms with Crippen molar-refractivity contribution in [3.8, 4) is 11.8 Å². The first kappa shape index (κ1) is 21.8. The van der Waals surface area contributed by atoms with Gasteiger partial charge in [0, 0.05) is 25.4 Å². The Balaban J connectivity index is 2.41. The molecule has 0 aliphatic rings. The fraction of sp³-hybridized carbons (Fsp3) is 0.400. The number of carbonyl (C=O) groups is 1. The molecular weight excluding hydrogens is 418 g/mol. The number of nitrogens with zero attached hydrogens (tertiary/aromatic N) is 4. The fourth-order valence-electron chi connectivity index (χ4n) is 2.14. The van der Waals surface area contributed by atoms with Crippen LogP contribution in [0.25, 0.3) is 0 Å². The van der Waals surface area contributed by atoms with E-state index in [1.54, 1.807) is 13.8 Å². The third-order valence-corrected chi connectivity index (χ3v) is 3.80. The fourth-order valence-corrected chi connectivity index (χ4v) is 2.34. The molecule has 0 bridgehead atoms. The van der Waals surface area contributed by atoms with Crippen LogP contribution in [0.4, 0.5) is 31.1 Å². The molecule has 2 aromatic rings. The Morgan fingerprint density at radius 1 is 1.14 bits per heavy atom. The number of hydrogen-bond donors (Lipinski definition) is 0. The minimum atomic E-state index is -4.94. The van der Waals surface area contributed by atoms with E-state index in [4.69, 9.17) is 16.3 Å². The molecule has 0 saturated carbocycles. The molecule has 0 unspecified atom stereocenters. The zero-order valence-electron chi connectivity index (χ0n) is 14.4. The van der Waals surface area contributed by atoms with Crippen molar-refractivity contribution in [1.29, 1.82) is 0 Å². The highest BCUT2D eigenvalue weighted by atomic mass is 35.5. The number of pyridine rings is 1. The zero-order valence-corrected chi connectivity index (χ0v) is 15.2. The minimum Gasteiger partial charge on any atom is -0.417 e. The zero-order chi connectivity index (χ0) is 21.3. The second kappa shape index (κ2) is 7.86. The van der Waals surface area contributed by atoms with Gasteiger partial charge in [0.05, 0.1) is 5.56 Å². The lowest BCUT2D eigenvalue weighted by molar-refractivity contribution is -0.143. The third-order valence-electron chi connectivity index (χ3n) is 3.53. The van der Waals surface area contributed by atoms with Crippen LogP contribution in [0.2, 0.25) is 5.02 Å². The summed E-state index contributed by atoms with van der Waals surface area (Å²) >= 11 is 5.66. The van der Waals surface area contributed by atoms with Crippen molar-refractivity contribution >= 4 is 17.6 Å². The van der Waals surface area contributed by atoms with E-state index in [-0.39, 0.29) is 17.8 Å². The van der Waals surface area contributed by atoms with Gasteiger partial charge in [-0.05, 0) is 19.9 Å². The predicted octanol–water partition coefficient (Wildman–Crippen LogP) is 5.07. The molecule has 0 spiro atoms. The molecule has 2 rings (SSSR count). The summed E-state index contributed by atoms with van der Waals surface area (Å²) in [6.07, 6.45) is -9.24. The van der Waals surface area contributed by atoms with E-state index < -0.39 is 46.4 Å². The van der Waals surface area contributed by atoms with Crippen LogP contribution in [0.5, 0.6) is 11.8 Å². The molecule has 13 heteroatoms. The first-order valence-electron chi connectivity index (χ1n) is 7.75. The SMILES string of the molecule is CCN(CC)C(=O)n1nc(Oc2ncc(C(F)(F)F)cc2Cl)cc1C(F)(F)F. The Hall–Kier alpha value is -2.50. The third kappa shape index (κ3) is 4.66. The molecule has 28 heavy (non-hydrogen) atoms. The molecule has 0 aliphatic carbocycles. The standard InChI is InChI=1S/C15H13ClF6N4O2/c1-3-25(4-2)13(27)26-10(15(20,21)22)6-11(24-26)28-12-9(16)5-8(7-23-12)14(17,18)19/h5-7H,3-4H2,1-2H3. The lowest BCUT2D eigenvalue weighted by Crippen LogP contribution is -2.37. The van der Waals surface area contributed by atoms with Gasteiger partial charge in [0.25, 0.3) is 0 Å². The maximum Gasteiger partial charge on any atom is 0.433 e. The van der Waals surface area contributed by atoms with Crippen LogP contribution in [0.15, 0.2) is 18.3 Å². The number of aromatic nitrogens is 3. The topological polar surface area (TPSA) is 60.2 Å². The number of amides is 1. The minimum absolute atomic E-state index is 0.111. The average molecular weight is 431 g/mol. The molecule has 0 saturated heterocycles. The van der Waals surface area contributed by atoms with E-state index >= 15 is 0 Å². The summed E-state index contributed by atoms with van der Waals surface area (Å²) in [7, 11) is 0. The molecule has 0 atom stereocenters. The molecule has 154 valence electrons. The Bertz CT molecular complexity index is 861. The maximum absolute atomic E-state index is 13.2. The first-order valence-corrected chi connectivity index (χ1v) is 8.13. The van der Waals surface area contributed by atoms with Gasteiger partial charge in [-0.2, -0.15) is 31.0 Å². The highest BCUT2D eigenvalue weighted by Gasteiger charge is 2.39. The van der Waals surface area contributed by atoms with E-state index in [9.17, 15) is 31.1 Å². The molecule has 0 radical (unpaired) electrons. The van der Waals surface area contributed by atoms with Crippen molar-refractivity contribution in [2.45, 2.75) is 26.2 Å². The number of alkyl halides is 6. The van der Waals surface area contributed by atoms with Gasteiger partial charge in [-0.1, -0.05) is 11.6 Å². The summed E-state index contributed by atoms with van der Waals surface area (Å²) in [5, 5.41) is 2.87. The number of rotatable bonds is 4. The second-order valence-electron chi connectivity index (χ2n) is 5.34. The molecular formula is C15H13ClF6N4O2. The normalized spacial score (nSPS) is 12.2. The summed E-state index contributed by atoms with van der Waals surface area (Å²) in [4.78, 5) is 16.7. The van der Waals surface area contributed by atoms with Crippen LogP contribution < -0.4 is 4.74 Å². The lowest BCUT2D eigenvalue weighted by Gasteiger charge is -2.19. The van der Waals surface area contributed by atoms with E-state index in [1.807, 2.05) is 0 Å². The van der Waals surface area contributed by atoms with Crippen molar-refractivity contribution in [1.82, 2.24) is 19.7 Å². The van der Waals surface area contributed by atoms with Crippen LogP contribution in [0.3, 0.4) is 0 Å². The molecule has 0 N–H and O–H groups in total. The Morgan fingerprint density at radius 3 is 2.21 bits per heavy atom. The Morgan fingerprint density at radius 2 is 1.75 bits per heavy atom. The van der Waals surface area contributed by atoms with Gasteiger partial charge >= 0.3 is 18.4 Å². The molecule has 2 aromatic heterocycles. The molecule has 2 heterocycles. The molecule has 0 aromatic carbocycles. The molecule has 0 aliphatic heterocycles. The van der Waals surface area contributed by atoms with Crippen molar-refractivity contribution in [2.75, 3.05) is 13.1 Å². The van der Waals surface area contributed by atoms with Gasteiger partial charge in [-0.25, -0.2) is 9.78 Å². The molecule has 0 fully saturated rings. The van der Waals surface area contributed by atoms with Crippen LogP contribution in [0.1, 0.15) is 25.1 Å². The average Bonchev–Trinajstić information content (AvgIpc) is 3.01. The quantitative estimate of drug-likeness (QED) is 0.635. The van der Waals surface area contributed by atoms with Gasteiger partial charge in [0.1, 0.15) is 5.02 Å². The number of hydrogen-bond acceptors (Lipinski definition) is 4. The first-order chi connectivity index (χ1) is 12.9. The van der Waals surface area contributed by atoms with Gasteiger partial charge in [0.15, 0.2) is 5.69 Å². The van der Waals surface area contributed by atoms with Crippen molar-refractivity contribution in [3.63, 3.8) is 0 Å². The van der Waals surface area contributed by atoms with Crippen LogP contribution in [-0.4, -0.2) is 38.8 Å². The number of halogens is 7. The van der Waals surface area contributed by atoms with Crippen LogP contribution >= 0.6 is 11.6 Å². The summed E-state index contributed by atoms with van der Waals surface area (Å²) < 4.78 is 82.7. The summed E-state index contributed by atoms with van der Waals surface area (Å²) in [6.45, 7) is 3.41. The van der Waals surface area contributed by atoms with E-state index in [0.29, 0.717) is 18.3 Å². The predicted molar refractivity (Wildman–Crippen MR) is 85.3 cm³/mol. The largest absolute Gasteiger partial charge is 0.433 e. The molecule has 1 amide bonds. The summed E-state index contributed by atoms with van der Waals surface area (Å²) in [5.74, 6) is -1.30. The van der Waals surface area contributed by atoms with E-state index in [1.165, 1.54) is 0 Å². The van der Waals surface area contributed by atoms with Crippen LogP contribution in [0, 0.1) is 0 Å². The van der Waals surface area contributed by atoms with Gasteiger partial charge < -0.3 is 9.64 Å². The Kier molecular flexibility index (Phi) is 6.12. The maximum atomic E-state index is 13.2. The van der Waals surface area contributed by atoms with Crippen molar-refractivity contribution < 1.29 is 35.9 Å². The highest BCUT2D eigenvalue weighted by Crippen LogP contribution is 2.36. The van der Waals surface area contributed by atoms with Gasteiger partial charge in [-0.3, -0.25) is 0 Å². The lowest BCUT2D eigenvalue weighted by atomic mass is 10.3. The smallest absolute Gasteiger partial charge is 0.417 e. The van der Waals surface area contributed by atoms with Crippen LogP contribution in [-0.2, 0) is 12.4 Å². The summed E-state index contributed by atoms with van der Waals surface area (Å²) in [5.41, 5.74) is -2.58. The van der Waals surface area contributed by atoms with E-state index in [2.05, 4.69) is 10.1 Å². The molecule has 6 nitrogen and oxygen atoms in total. The highest BCUT2D eigenvalue weighted by molar-refractivity contribution is 6.31. The van der Waals surface area contributed by atoms with E-state index in [0.717, 1.165) is 4.90 Å². The van der Waals surface area contributed by atoms with Gasteiger partial charge in [0.2, 0.25) is 11.8 Å². The van der Waals surface area contributed by atoms with Crippen molar-refractivity contribution in [2.24, 2.45) is 0 Å².